The van der Waals surface area contributed by atoms with Crippen LogP contribution in [0, 0.1) is 17.5 Å². The van der Waals surface area contributed by atoms with Crippen LogP contribution in [0.4, 0.5) is 13.2 Å². The van der Waals surface area contributed by atoms with E-state index < -0.39 is 34.4 Å². The topological polar surface area (TPSA) is 63.3 Å². The summed E-state index contributed by atoms with van der Waals surface area (Å²) in [6.45, 7) is 1.40. The van der Waals surface area contributed by atoms with Crippen molar-refractivity contribution in [1.82, 2.24) is 0 Å². The third-order valence-corrected chi connectivity index (χ3v) is 2.91. The first-order chi connectivity index (χ1) is 8.32. The highest BCUT2D eigenvalue weighted by Gasteiger charge is 2.39. The van der Waals surface area contributed by atoms with Crippen molar-refractivity contribution in [3.8, 4) is 0 Å². The Kier molecular flexibility index (Phi) is 4.34. The number of carbonyl (C=O) groups is 1. The molecule has 1 atom stereocenters. The van der Waals surface area contributed by atoms with E-state index in [1.807, 2.05) is 0 Å². The van der Waals surface area contributed by atoms with E-state index in [1.165, 1.54) is 6.92 Å². The number of carboxylic acid groups (broad SMARTS) is 1. The van der Waals surface area contributed by atoms with Crippen molar-refractivity contribution in [2.75, 3.05) is 6.54 Å². The Hall–Kier alpha value is -1.56. The normalized spacial score (nSPS) is 14.3. The van der Waals surface area contributed by atoms with Crippen LogP contribution < -0.4 is 5.73 Å². The summed E-state index contributed by atoms with van der Waals surface area (Å²) in [4.78, 5) is 11.2. The first-order valence-corrected chi connectivity index (χ1v) is 5.41. The molecule has 0 amide bonds. The van der Waals surface area contributed by atoms with E-state index in [0.29, 0.717) is 18.6 Å². The van der Waals surface area contributed by atoms with E-state index in [9.17, 15) is 18.0 Å². The zero-order valence-corrected chi connectivity index (χ0v) is 9.84. The second kappa shape index (κ2) is 5.39. The van der Waals surface area contributed by atoms with E-state index in [0.717, 1.165) is 0 Å². The van der Waals surface area contributed by atoms with Crippen molar-refractivity contribution in [3.05, 3.63) is 35.1 Å². The molecule has 0 saturated heterocycles. The zero-order chi connectivity index (χ0) is 13.9. The smallest absolute Gasteiger partial charge is 0.314 e. The molecule has 0 radical (unpaired) electrons. The zero-order valence-electron chi connectivity index (χ0n) is 9.84. The Morgan fingerprint density at radius 1 is 1.33 bits per heavy atom. The number of aliphatic carboxylic acids is 1. The first-order valence-electron chi connectivity index (χ1n) is 5.41. The fourth-order valence-electron chi connectivity index (χ4n) is 1.86. The minimum absolute atomic E-state index is 0.0295. The largest absolute Gasteiger partial charge is 0.481 e. The molecule has 0 bridgehead atoms. The van der Waals surface area contributed by atoms with Crippen LogP contribution in [0.25, 0.3) is 0 Å². The highest BCUT2D eigenvalue weighted by atomic mass is 19.1. The second-order valence-electron chi connectivity index (χ2n) is 4.27. The Labute approximate surface area is 102 Å². The van der Waals surface area contributed by atoms with E-state index in [1.54, 1.807) is 0 Å². The molecule has 1 rings (SSSR count). The summed E-state index contributed by atoms with van der Waals surface area (Å²) in [5.74, 6) is -4.86. The highest BCUT2D eigenvalue weighted by molar-refractivity contribution is 5.81. The lowest BCUT2D eigenvalue weighted by molar-refractivity contribution is -0.143. The van der Waals surface area contributed by atoms with E-state index in [2.05, 4.69) is 0 Å². The van der Waals surface area contributed by atoms with Crippen LogP contribution in [0.3, 0.4) is 0 Å². The van der Waals surface area contributed by atoms with Crippen LogP contribution >= 0.6 is 0 Å². The summed E-state index contributed by atoms with van der Waals surface area (Å²) >= 11 is 0. The summed E-state index contributed by atoms with van der Waals surface area (Å²) in [6, 6.07) is 0.949. The Bertz CT molecular complexity index is 442. The summed E-state index contributed by atoms with van der Waals surface area (Å²) < 4.78 is 40.0. The van der Waals surface area contributed by atoms with Crippen molar-refractivity contribution in [2.45, 2.75) is 25.2 Å². The Morgan fingerprint density at radius 3 is 2.22 bits per heavy atom. The molecule has 0 fully saturated rings. The number of nitrogens with two attached hydrogens (primary N) is 1. The molecule has 0 heterocycles. The van der Waals surface area contributed by atoms with Gasteiger partial charge >= 0.3 is 5.97 Å². The molecule has 6 heteroatoms. The van der Waals surface area contributed by atoms with Gasteiger partial charge in [0.1, 0.15) is 17.5 Å². The van der Waals surface area contributed by atoms with Gasteiger partial charge in [0.2, 0.25) is 0 Å². The summed E-state index contributed by atoms with van der Waals surface area (Å²) in [5, 5.41) is 9.16. The van der Waals surface area contributed by atoms with Gasteiger partial charge in [0.05, 0.1) is 5.41 Å². The highest BCUT2D eigenvalue weighted by Crippen LogP contribution is 2.33. The minimum Gasteiger partial charge on any atom is -0.481 e. The second-order valence-corrected chi connectivity index (χ2v) is 4.27. The van der Waals surface area contributed by atoms with Gasteiger partial charge in [0.25, 0.3) is 0 Å². The van der Waals surface area contributed by atoms with Gasteiger partial charge in [0, 0.05) is 17.7 Å². The number of benzene rings is 1. The standard InChI is InChI=1S/C12H14F3NO2/c1-12(11(17)18,3-2-4-16)10-8(14)5-7(13)6-9(10)15/h5-6H,2-4,16H2,1H3,(H,17,18). The average molecular weight is 261 g/mol. The number of hydrogen-bond acceptors (Lipinski definition) is 2. The Morgan fingerprint density at radius 2 is 1.83 bits per heavy atom. The molecule has 0 aliphatic heterocycles. The van der Waals surface area contributed by atoms with Gasteiger partial charge in [0.15, 0.2) is 0 Å². The number of rotatable bonds is 5. The molecule has 0 aliphatic carbocycles. The fraction of sp³-hybridized carbons (Fsp3) is 0.417. The summed E-state index contributed by atoms with van der Waals surface area (Å²) in [6.07, 6.45) is 0.261. The van der Waals surface area contributed by atoms with Gasteiger partial charge in [-0.25, -0.2) is 13.2 Å². The van der Waals surface area contributed by atoms with Crippen molar-refractivity contribution in [2.24, 2.45) is 5.73 Å². The molecule has 1 aromatic carbocycles. The van der Waals surface area contributed by atoms with Gasteiger partial charge in [-0.1, -0.05) is 0 Å². The maximum absolute atomic E-state index is 13.6. The molecular formula is C12H14F3NO2. The van der Waals surface area contributed by atoms with Crippen molar-refractivity contribution in [3.63, 3.8) is 0 Å². The third kappa shape index (κ3) is 2.64. The van der Waals surface area contributed by atoms with Gasteiger partial charge in [-0.3, -0.25) is 4.79 Å². The predicted molar refractivity (Wildman–Crippen MR) is 59.6 cm³/mol. The molecule has 3 N–H and O–H groups in total. The van der Waals surface area contributed by atoms with Gasteiger partial charge < -0.3 is 10.8 Å². The molecule has 0 saturated carbocycles. The first kappa shape index (κ1) is 14.5. The maximum atomic E-state index is 13.6. The number of carboxylic acids is 1. The van der Waals surface area contributed by atoms with E-state index in [4.69, 9.17) is 10.8 Å². The van der Waals surface area contributed by atoms with Crippen LogP contribution in [-0.4, -0.2) is 17.6 Å². The van der Waals surface area contributed by atoms with Gasteiger partial charge in [-0.2, -0.15) is 0 Å². The van der Waals surface area contributed by atoms with E-state index >= 15 is 0 Å². The van der Waals surface area contributed by atoms with Gasteiger partial charge in [-0.15, -0.1) is 0 Å². The molecule has 1 unspecified atom stereocenters. The van der Waals surface area contributed by atoms with Crippen LogP contribution in [0.15, 0.2) is 12.1 Å². The lowest BCUT2D eigenvalue weighted by Crippen LogP contribution is -2.35. The predicted octanol–water partition coefficient (Wildman–Crippen LogP) is 2.19. The number of hydrogen-bond donors (Lipinski definition) is 2. The quantitative estimate of drug-likeness (QED) is 0.854. The molecule has 18 heavy (non-hydrogen) atoms. The van der Waals surface area contributed by atoms with Crippen molar-refractivity contribution < 1.29 is 23.1 Å². The average Bonchev–Trinajstić information content (AvgIpc) is 2.24. The molecule has 3 nitrogen and oxygen atoms in total. The lowest BCUT2D eigenvalue weighted by atomic mass is 9.78. The SMILES string of the molecule is CC(CCCN)(C(=O)O)c1c(F)cc(F)cc1F. The molecular weight excluding hydrogens is 247 g/mol. The van der Waals surface area contributed by atoms with Crippen molar-refractivity contribution >= 4 is 5.97 Å². The van der Waals surface area contributed by atoms with Gasteiger partial charge in [-0.05, 0) is 26.3 Å². The Balaban J connectivity index is 3.34. The summed E-state index contributed by atoms with van der Waals surface area (Å²) in [5.41, 5.74) is 2.88. The monoisotopic (exact) mass is 261 g/mol. The van der Waals surface area contributed by atoms with Crippen LogP contribution in [-0.2, 0) is 10.2 Å². The van der Waals surface area contributed by atoms with Crippen LogP contribution in [0.1, 0.15) is 25.3 Å². The minimum atomic E-state index is -1.76. The van der Waals surface area contributed by atoms with Crippen LogP contribution in [0.2, 0.25) is 0 Å². The fourth-order valence-corrected chi connectivity index (χ4v) is 1.86. The maximum Gasteiger partial charge on any atom is 0.314 e. The lowest BCUT2D eigenvalue weighted by Gasteiger charge is -2.26. The molecule has 100 valence electrons. The van der Waals surface area contributed by atoms with Crippen molar-refractivity contribution in [1.29, 1.82) is 0 Å². The molecule has 0 aliphatic rings. The third-order valence-electron chi connectivity index (χ3n) is 2.91. The summed E-state index contributed by atoms with van der Waals surface area (Å²) in [7, 11) is 0. The molecule has 0 spiro atoms. The molecule has 1 aromatic rings. The van der Waals surface area contributed by atoms with E-state index in [-0.39, 0.29) is 13.0 Å². The number of halogens is 3. The van der Waals surface area contributed by atoms with Crippen LogP contribution in [0.5, 0.6) is 0 Å². The molecule has 0 aromatic heterocycles.